The van der Waals surface area contributed by atoms with Gasteiger partial charge in [-0.15, -0.1) is 0 Å². The molecule has 4 aromatic rings. The van der Waals surface area contributed by atoms with Crippen molar-refractivity contribution in [3.63, 3.8) is 0 Å². The van der Waals surface area contributed by atoms with Crippen molar-refractivity contribution in [1.82, 2.24) is 24.2 Å². The second kappa shape index (κ2) is 10.7. The van der Waals surface area contributed by atoms with E-state index in [0.717, 1.165) is 12.1 Å². The molecule has 2 aromatic carbocycles. The van der Waals surface area contributed by atoms with E-state index in [1.165, 1.54) is 24.8 Å². The van der Waals surface area contributed by atoms with Gasteiger partial charge in [0, 0.05) is 24.1 Å². The Labute approximate surface area is 222 Å². The first-order chi connectivity index (χ1) is 18.7. The Balaban J connectivity index is 1.31. The van der Waals surface area contributed by atoms with E-state index in [1.54, 1.807) is 28.8 Å². The van der Waals surface area contributed by atoms with Gasteiger partial charge in [-0.2, -0.15) is 13.1 Å². The highest BCUT2D eigenvalue weighted by atomic mass is 32.2. The third-order valence-corrected chi connectivity index (χ3v) is 7.13. The van der Waals surface area contributed by atoms with Crippen LogP contribution in [-0.2, 0) is 15.0 Å². The Morgan fingerprint density at radius 2 is 1.90 bits per heavy atom. The summed E-state index contributed by atoms with van der Waals surface area (Å²) in [5, 5.41) is 13.6. The zero-order chi connectivity index (χ0) is 27.6. The number of anilines is 1. The van der Waals surface area contributed by atoms with Crippen molar-refractivity contribution in [2.24, 2.45) is 0 Å². The Bertz CT molecular complexity index is 1610. The van der Waals surface area contributed by atoms with Crippen LogP contribution in [-0.4, -0.2) is 50.9 Å². The minimum atomic E-state index is -4.27. The summed E-state index contributed by atoms with van der Waals surface area (Å²) in [5.41, 5.74) is 1.02. The summed E-state index contributed by atoms with van der Waals surface area (Å²) in [7, 11) is -4.27. The number of nitrogens with one attached hydrogen (secondary N) is 2. The van der Waals surface area contributed by atoms with Crippen molar-refractivity contribution in [3.8, 4) is 5.75 Å². The lowest BCUT2D eigenvalue weighted by Crippen LogP contribution is -2.42. The van der Waals surface area contributed by atoms with Crippen LogP contribution in [0.25, 0.3) is 11.2 Å². The van der Waals surface area contributed by atoms with Gasteiger partial charge in [0.25, 0.3) is 11.6 Å². The molecule has 2 N–H and O–H groups in total. The van der Waals surface area contributed by atoms with Gasteiger partial charge in [0.05, 0.1) is 23.4 Å². The second-order valence-electron chi connectivity index (χ2n) is 8.65. The number of imidazole rings is 1. The molecule has 3 atom stereocenters. The Hall–Kier alpha value is -4.47. The molecule has 0 unspecified atom stereocenters. The third-order valence-electron chi connectivity index (χ3n) is 6.12. The maximum atomic E-state index is 12.7. The zero-order valence-electron chi connectivity index (χ0n) is 20.5. The van der Waals surface area contributed by atoms with Crippen LogP contribution in [0.4, 0.5) is 11.5 Å². The summed E-state index contributed by atoms with van der Waals surface area (Å²) >= 11 is 0. The highest BCUT2D eigenvalue weighted by Crippen LogP contribution is 2.33. The molecule has 14 nitrogen and oxygen atoms in total. The molecule has 39 heavy (non-hydrogen) atoms. The van der Waals surface area contributed by atoms with Crippen LogP contribution < -0.4 is 14.2 Å². The molecule has 0 spiro atoms. The van der Waals surface area contributed by atoms with E-state index in [-0.39, 0.29) is 29.6 Å². The molecule has 1 saturated heterocycles. The molecule has 1 amide bonds. The zero-order valence-corrected chi connectivity index (χ0v) is 21.3. The van der Waals surface area contributed by atoms with Crippen molar-refractivity contribution in [3.05, 3.63) is 82.9 Å². The molecule has 1 aliphatic rings. The van der Waals surface area contributed by atoms with Crippen LogP contribution in [0.5, 0.6) is 5.75 Å². The first kappa shape index (κ1) is 26.1. The molecule has 5 rings (SSSR count). The first-order valence-electron chi connectivity index (χ1n) is 11.9. The number of carbonyl (C=O) groups is 1. The molecule has 0 radical (unpaired) electrons. The SMILES string of the molecule is CC[C@H]1O[C@@H](n2cnc3c(NC(=O)c4ccccc4)ncnc32)C[C@@H]1NS(=O)(=O)Oc1ccc([N+](=O)[O-])cc1. The van der Waals surface area contributed by atoms with Crippen LogP contribution >= 0.6 is 0 Å². The van der Waals surface area contributed by atoms with Crippen molar-refractivity contribution >= 4 is 38.9 Å². The van der Waals surface area contributed by atoms with Gasteiger partial charge in [0.2, 0.25) is 0 Å². The third kappa shape index (κ3) is 5.69. The number of non-ortho nitro benzene ring substituents is 1. The maximum Gasteiger partial charge on any atom is 0.382 e. The molecule has 3 heterocycles. The summed E-state index contributed by atoms with van der Waals surface area (Å²) in [5.74, 6) is -0.193. The van der Waals surface area contributed by atoms with Gasteiger partial charge in [-0.3, -0.25) is 19.5 Å². The molecule has 0 saturated carbocycles. The predicted molar refractivity (Wildman–Crippen MR) is 138 cm³/mol. The summed E-state index contributed by atoms with van der Waals surface area (Å²) in [6.45, 7) is 1.86. The number of rotatable bonds is 9. The van der Waals surface area contributed by atoms with Crippen LogP contribution in [0.1, 0.15) is 36.4 Å². The van der Waals surface area contributed by atoms with Gasteiger partial charge < -0.3 is 14.2 Å². The smallest absolute Gasteiger partial charge is 0.371 e. The number of ether oxygens (including phenoxy) is 1. The highest BCUT2D eigenvalue weighted by Gasteiger charge is 2.39. The number of nitro benzene ring substituents is 1. The van der Waals surface area contributed by atoms with E-state index in [2.05, 4.69) is 25.0 Å². The van der Waals surface area contributed by atoms with Gasteiger partial charge >= 0.3 is 10.3 Å². The fourth-order valence-electron chi connectivity index (χ4n) is 4.29. The molecule has 1 aliphatic heterocycles. The molecule has 202 valence electrons. The summed E-state index contributed by atoms with van der Waals surface area (Å²) in [4.78, 5) is 35.7. The fourth-order valence-corrected chi connectivity index (χ4v) is 5.32. The number of aromatic nitrogens is 4. The van der Waals surface area contributed by atoms with E-state index < -0.39 is 33.6 Å². The molecule has 1 fully saturated rings. The highest BCUT2D eigenvalue weighted by molar-refractivity contribution is 7.85. The summed E-state index contributed by atoms with van der Waals surface area (Å²) < 4.78 is 40.8. The normalized spacial score (nSPS) is 19.2. The van der Waals surface area contributed by atoms with E-state index in [4.69, 9.17) is 8.92 Å². The van der Waals surface area contributed by atoms with E-state index in [9.17, 15) is 23.3 Å². The van der Waals surface area contributed by atoms with Gasteiger partial charge in [-0.1, -0.05) is 25.1 Å². The van der Waals surface area contributed by atoms with Gasteiger partial charge in [0.15, 0.2) is 17.0 Å². The Morgan fingerprint density at radius 1 is 1.15 bits per heavy atom. The molecular weight excluding hydrogens is 530 g/mol. The predicted octanol–water partition coefficient (Wildman–Crippen LogP) is 2.97. The topological polar surface area (TPSA) is 180 Å². The van der Waals surface area contributed by atoms with E-state index in [0.29, 0.717) is 23.1 Å². The maximum absolute atomic E-state index is 12.7. The van der Waals surface area contributed by atoms with E-state index >= 15 is 0 Å². The molecule has 2 aromatic heterocycles. The number of nitrogens with zero attached hydrogens (tertiary/aromatic N) is 5. The number of carbonyl (C=O) groups excluding carboxylic acids is 1. The van der Waals surface area contributed by atoms with Crippen LogP contribution in [0.15, 0.2) is 67.3 Å². The number of fused-ring (bicyclic) bond motifs is 1. The lowest BCUT2D eigenvalue weighted by atomic mass is 10.1. The molecule has 0 bridgehead atoms. The molecular formula is C24H23N7O7S. The second-order valence-corrected chi connectivity index (χ2v) is 9.96. The fraction of sp³-hybridized carbons (Fsp3) is 0.250. The lowest BCUT2D eigenvalue weighted by molar-refractivity contribution is -0.384. The van der Waals surface area contributed by atoms with Gasteiger partial charge in [0.1, 0.15) is 18.3 Å². The summed E-state index contributed by atoms with van der Waals surface area (Å²) in [6.07, 6.45) is 2.44. The molecule has 0 aliphatic carbocycles. The van der Waals surface area contributed by atoms with Gasteiger partial charge in [-0.05, 0) is 30.7 Å². The Morgan fingerprint density at radius 3 is 2.59 bits per heavy atom. The molecule has 15 heteroatoms. The van der Waals surface area contributed by atoms with E-state index in [1.807, 2.05) is 13.0 Å². The minimum absolute atomic E-state index is 0.0704. The van der Waals surface area contributed by atoms with Crippen molar-refractivity contribution in [1.29, 1.82) is 0 Å². The van der Waals surface area contributed by atoms with Crippen molar-refractivity contribution in [2.75, 3.05) is 5.32 Å². The lowest BCUT2D eigenvalue weighted by Gasteiger charge is -2.17. The number of amides is 1. The average Bonchev–Trinajstić information content (AvgIpc) is 3.53. The standard InChI is InChI=1S/C24H23N7O7S/c1-2-19-18(29-39(35,36)38-17-10-8-16(9-11-17)31(33)34)12-20(37-19)30-14-27-21-22(25-13-26-23(21)30)28-24(32)15-6-4-3-5-7-15/h3-11,13-14,18-20,29H,2,12H2,1H3,(H,25,26,28,32)/t18-,19+,20+/m0/s1. The Kier molecular flexibility index (Phi) is 7.19. The number of hydrogen-bond acceptors (Lipinski definition) is 10. The summed E-state index contributed by atoms with van der Waals surface area (Å²) in [6, 6.07) is 12.7. The number of hydrogen-bond donors (Lipinski definition) is 2. The monoisotopic (exact) mass is 553 g/mol. The number of nitro groups is 1. The van der Waals surface area contributed by atoms with Crippen molar-refractivity contribution in [2.45, 2.75) is 38.1 Å². The first-order valence-corrected chi connectivity index (χ1v) is 13.3. The van der Waals surface area contributed by atoms with Gasteiger partial charge in [-0.25, -0.2) is 15.0 Å². The largest absolute Gasteiger partial charge is 0.382 e. The quantitative estimate of drug-likeness (QED) is 0.231. The van der Waals surface area contributed by atoms with Crippen molar-refractivity contribution < 1.29 is 27.1 Å². The van der Waals surface area contributed by atoms with Crippen LogP contribution in [0.3, 0.4) is 0 Å². The number of benzene rings is 2. The average molecular weight is 554 g/mol. The van der Waals surface area contributed by atoms with Crippen LogP contribution in [0, 0.1) is 10.1 Å². The van der Waals surface area contributed by atoms with Crippen LogP contribution in [0.2, 0.25) is 0 Å². The minimum Gasteiger partial charge on any atom is -0.371 e.